The molecular formula is C12H10BrN5. The van der Waals surface area contributed by atoms with Crippen LogP contribution in [0.25, 0.3) is 16.6 Å². The van der Waals surface area contributed by atoms with Crippen LogP contribution in [0, 0.1) is 0 Å². The average Bonchev–Trinajstić information content (AvgIpc) is 2.85. The zero-order valence-electron chi connectivity index (χ0n) is 9.42. The van der Waals surface area contributed by atoms with Crippen molar-refractivity contribution in [2.75, 3.05) is 0 Å². The lowest BCUT2D eigenvalue weighted by Crippen LogP contribution is -2.07. The highest BCUT2D eigenvalue weighted by molar-refractivity contribution is 9.10. The normalized spacial score (nSPS) is 11.0. The predicted molar refractivity (Wildman–Crippen MR) is 72.3 cm³/mol. The van der Waals surface area contributed by atoms with Crippen LogP contribution in [0.1, 0.15) is 5.69 Å². The van der Waals surface area contributed by atoms with E-state index in [0.717, 1.165) is 26.8 Å². The molecule has 0 atom stereocenters. The number of hydrogen-bond donors (Lipinski definition) is 1. The van der Waals surface area contributed by atoms with E-state index in [1.807, 2.05) is 24.3 Å². The smallest absolute Gasteiger partial charge is 0.0960 e. The summed E-state index contributed by atoms with van der Waals surface area (Å²) in [5.41, 5.74) is 8.29. The number of nitrogens with two attached hydrogens (primary N) is 1. The van der Waals surface area contributed by atoms with Crippen molar-refractivity contribution < 1.29 is 0 Å². The number of fused-ring (bicyclic) bond motifs is 1. The minimum absolute atomic E-state index is 0.389. The molecule has 0 radical (unpaired) electrons. The second-order valence-corrected chi connectivity index (χ2v) is 4.76. The fourth-order valence-electron chi connectivity index (χ4n) is 1.89. The molecule has 0 unspecified atom stereocenters. The lowest BCUT2D eigenvalue weighted by molar-refractivity contribution is 0.764. The molecule has 0 saturated carbocycles. The Kier molecular flexibility index (Phi) is 2.81. The summed E-state index contributed by atoms with van der Waals surface area (Å²) >= 11 is 3.42. The molecule has 0 aliphatic heterocycles. The summed E-state index contributed by atoms with van der Waals surface area (Å²) in [6.45, 7) is 0.389. The van der Waals surface area contributed by atoms with Crippen LogP contribution >= 0.6 is 15.9 Å². The van der Waals surface area contributed by atoms with E-state index in [4.69, 9.17) is 5.73 Å². The molecular weight excluding hydrogens is 294 g/mol. The molecule has 0 saturated heterocycles. The van der Waals surface area contributed by atoms with E-state index in [1.165, 1.54) is 0 Å². The standard InChI is InChI=1S/C12H10BrN5/c13-9-4-8-2-1-3-11(12(8)15-6-9)18-10(5-14)7-16-17-18/h1-4,6-7H,5,14H2. The number of aromatic nitrogens is 4. The maximum atomic E-state index is 5.67. The molecule has 18 heavy (non-hydrogen) atoms. The Labute approximate surface area is 112 Å². The van der Waals surface area contributed by atoms with Crippen LogP contribution in [0.5, 0.6) is 0 Å². The summed E-state index contributed by atoms with van der Waals surface area (Å²) in [6, 6.07) is 7.95. The first kappa shape index (κ1) is 11.3. The molecule has 3 aromatic rings. The molecule has 1 aromatic carbocycles. The van der Waals surface area contributed by atoms with Gasteiger partial charge in [-0.05, 0) is 28.1 Å². The van der Waals surface area contributed by atoms with Gasteiger partial charge in [0, 0.05) is 22.6 Å². The van der Waals surface area contributed by atoms with Crippen molar-refractivity contribution in [3.63, 3.8) is 0 Å². The van der Waals surface area contributed by atoms with Gasteiger partial charge in [-0.25, -0.2) is 4.68 Å². The number of pyridine rings is 1. The highest BCUT2D eigenvalue weighted by atomic mass is 79.9. The first-order valence-electron chi connectivity index (χ1n) is 5.44. The third-order valence-electron chi connectivity index (χ3n) is 2.71. The van der Waals surface area contributed by atoms with Crippen molar-refractivity contribution in [3.8, 4) is 5.69 Å². The SMILES string of the molecule is NCc1cnnn1-c1cccc2cc(Br)cnc12. The minimum atomic E-state index is 0.389. The fourth-order valence-corrected chi connectivity index (χ4v) is 2.24. The molecule has 2 aromatic heterocycles. The van der Waals surface area contributed by atoms with Crippen LogP contribution in [0.15, 0.2) is 41.1 Å². The van der Waals surface area contributed by atoms with E-state index in [2.05, 4.69) is 31.2 Å². The van der Waals surface area contributed by atoms with Gasteiger partial charge in [0.2, 0.25) is 0 Å². The van der Waals surface area contributed by atoms with Crippen LogP contribution in [-0.4, -0.2) is 20.0 Å². The van der Waals surface area contributed by atoms with Crippen molar-refractivity contribution in [2.24, 2.45) is 5.73 Å². The highest BCUT2D eigenvalue weighted by Gasteiger charge is 2.09. The average molecular weight is 304 g/mol. The van der Waals surface area contributed by atoms with Gasteiger partial charge < -0.3 is 5.73 Å². The Bertz CT molecular complexity index is 707. The van der Waals surface area contributed by atoms with Crippen molar-refractivity contribution in [1.29, 1.82) is 0 Å². The summed E-state index contributed by atoms with van der Waals surface area (Å²) < 4.78 is 2.67. The number of para-hydroxylation sites is 1. The number of benzene rings is 1. The molecule has 3 rings (SSSR count). The topological polar surface area (TPSA) is 69.6 Å². The molecule has 0 fully saturated rings. The molecule has 2 heterocycles. The fraction of sp³-hybridized carbons (Fsp3) is 0.0833. The molecule has 6 heteroatoms. The molecule has 0 aliphatic rings. The van der Waals surface area contributed by atoms with Gasteiger partial charge in [-0.3, -0.25) is 4.98 Å². The van der Waals surface area contributed by atoms with E-state index >= 15 is 0 Å². The Morgan fingerprint density at radius 1 is 1.28 bits per heavy atom. The van der Waals surface area contributed by atoms with Crippen LogP contribution in [0.3, 0.4) is 0 Å². The second-order valence-electron chi connectivity index (χ2n) is 3.84. The van der Waals surface area contributed by atoms with Crippen molar-refractivity contribution in [2.45, 2.75) is 6.54 Å². The van der Waals surface area contributed by atoms with Gasteiger partial charge in [-0.1, -0.05) is 17.3 Å². The molecule has 5 nitrogen and oxygen atoms in total. The summed E-state index contributed by atoms with van der Waals surface area (Å²) in [5.74, 6) is 0. The summed E-state index contributed by atoms with van der Waals surface area (Å²) in [4.78, 5) is 4.44. The molecule has 0 aliphatic carbocycles. The Balaban J connectivity index is 2.29. The van der Waals surface area contributed by atoms with Crippen molar-refractivity contribution in [3.05, 3.63) is 46.8 Å². The Morgan fingerprint density at radius 2 is 2.17 bits per heavy atom. The quantitative estimate of drug-likeness (QED) is 0.786. The van der Waals surface area contributed by atoms with Gasteiger partial charge >= 0.3 is 0 Å². The monoisotopic (exact) mass is 303 g/mol. The molecule has 0 amide bonds. The number of nitrogens with zero attached hydrogens (tertiary/aromatic N) is 4. The Hall–Kier alpha value is -1.79. The number of rotatable bonds is 2. The first-order chi connectivity index (χ1) is 8.79. The van der Waals surface area contributed by atoms with Crippen molar-refractivity contribution >= 4 is 26.8 Å². The predicted octanol–water partition coefficient (Wildman–Crippen LogP) is 2.04. The van der Waals surface area contributed by atoms with Gasteiger partial charge in [-0.15, -0.1) is 5.10 Å². The van der Waals surface area contributed by atoms with Gasteiger partial charge in [0.1, 0.15) is 0 Å². The maximum absolute atomic E-state index is 5.67. The first-order valence-corrected chi connectivity index (χ1v) is 6.23. The number of halogens is 1. The van der Waals surface area contributed by atoms with E-state index in [1.54, 1.807) is 17.1 Å². The Morgan fingerprint density at radius 3 is 3.00 bits per heavy atom. The summed E-state index contributed by atoms with van der Waals surface area (Å²) in [6.07, 6.45) is 3.43. The van der Waals surface area contributed by atoms with E-state index in [9.17, 15) is 0 Å². The van der Waals surface area contributed by atoms with Gasteiger partial charge in [-0.2, -0.15) is 0 Å². The second kappa shape index (κ2) is 4.47. The van der Waals surface area contributed by atoms with E-state index < -0.39 is 0 Å². The summed E-state index contributed by atoms with van der Waals surface area (Å²) in [5, 5.41) is 9.00. The third-order valence-corrected chi connectivity index (χ3v) is 3.15. The highest BCUT2D eigenvalue weighted by Crippen LogP contribution is 2.23. The van der Waals surface area contributed by atoms with E-state index in [-0.39, 0.29) is 0 Å². The minimum Gasteiger partial charge on any atom is -0.325 e. The van der Waals surface area contributed by atoms with E-state index in [0.29, 0.717) is 6.54 Å². The summed E-state index contributed by atoms with van der Waals surface area (Å²) in [7, 11) is 0. The zero-order valence-corrected chi connectivity index (χ0v) is 11.0. The molecule has 2 N–H and O–H groups in total. The third kappa shape index (κ3) is 1.79. The molecule has 90 valence electrons. The van der Waals surface area contributed by atoms with Crippen LogP contribution in [0.4, 0.5) is 0 Å². The molecule has 0 bridgehead atoms. The van der Waals surface area contributed by atoms with Gasteiger partial charge in [0.15, 0.2) is 0 Å². The molecule has 0 spiro atoms. The van der Waals surface area contributed by atoms with Gasteiger partial charge in [0.05, 0.1) is 23.1 Å². The van der Waals surface area contributed by atoms with Crippen LogP contribution < -0.4 is 5.73 Å². The van der Waals surface area contributed by atoms with Crippen LogP contribution in [-0.2, 0) is 6.54 Å². The van der Waals surface area contributed by atoms with Crippen molar-refractivity contribution in [1.82, 2.24) is 20.0 Å². The van der Waals surface area contributed by atoms with Gasteiger partial charge in [0.25, 0.3) is 0 Å². The number of hydrogen-bond acceptors (Lipinski definition) is 4. The zero-order chi connectivity index (χ0) is 12.5. The lowest BCUT2D eigenvalue weighted by atomic mass is 10.2. The lowest BCUT2D eigenvalue weighted by Gasteiger charge is -2.07. The maximum Gasteiger partial charge on any atom is 0.0960 e. The largest absolute Gasteiger partial charge is 0.325 e. The van der Waals surface area contributed by atoms with Crippen LogP contribution in [0.2, 0.25) is 0 Å².